The number of hydrogen-bond donors (Lipinski definition) is 2. The lowest BCUT2D eigenvalue weighted by molar-refractivity contribution is -0.125. The Morgan fingerprint density at radius 1 is 1.45 bits per heavy atom. The van der Waals surface area contributed by atoms with E-state index < -0.39 is 22.0 Å². The zero-order valence-electron chi connectivity index (χ0n) is 10.5. The Bertz CT molecular complexity index is 635. The van der Waals surface area contributed by atoms with E-state index in [1.165, 1.54) is 12.1 Å². The molecule has 1 heterocycles. The van der Waals surface area contributed by atoms with E-state index in [0.29, 0.717) is 10.2 Å². The molecule has 20 heavy (non-hydrogen) atoms. The van der Waals surface area contributed by atoms with Crippen molar-refractivity contribution in [2.75, 3.05) is 25.5 Å². The minimum absolute atomic E-state index is 0.0198. The Morgan fingerprint density at radius 2 is 2.15 bits per heavy atom. The molecule has 0 aromatic heterocycles. The number of amides is 1. The summed E-state index contributed by atoms with van der Waals surface area (Å²) in [4.78, 5) is 11.4. The maximum Gasteiger partial charge on any atom is 0.244 e. The van der Waals surface area contributed by atoms with Crippen LogP contribution in [0.2, 0.25) is 0 Å². The molecule has 0 radical (unpaired) electrons. The fourth-order valence-corrected chi connectivity index (χ4v) is 3.77. The van der Waals surface area contributed by atoms with E-state index in [0.717, 1.165) is 4.31 Å². The topological polar surface area (TPSA) is 116 Å². The first-order valence-electron chi connectivity index (χ1n) is 5.78. The second kappa shape index (κ2) is 5.68. The summed E-state index contributed by atoms with van der Waals surface area (Å²) in [5, 5.41) is 0. The smallest absolute Gasteiger partial charge is 0.244 e. The summed E-state index contributed by atoms with van der Waals surface area (Å²) in [6.07, 6.45) is 0. The van der Waals surface area contributed by atoms with E-state index in [1.54, 1.807) is 6.07 Å². The number of hydrogen-bond acceptors (Lipinski definition) is 5. The first kappa shape index (κ1) is 15.2. The summed E-state index contributed by atoms with van der Waals surface area (Å²) in [6, 6.07) is 3.30. The van der Waals surface area contributed by atoms with Gasteiger partial charge in [-0.1, -0.05) is 0 Å². The standard InChI is InChI=1S/C11H14BrN3O4S/c12-8-2-1-7(5-9(8)13)20(17,18)15-3-4-19-6-10(15)11(14)16/h1-2,5,10H,3-4,6,13H2,(H2,14,16). The van der Waals surface area contributed by atoms with E-state index in [9.17, 15) is 13.2 Å². The van der Waals surface area contributed by atoms with Crippen LogP contribution in [0.5, 0.6) is 0 Å². The van der Waals surface area contributed by atoms with Crippen molar-refractivity contribution < 1.29 is 17.9 Å². The molecular weight excluding hydrogens is 350 g/mol. The highest BCUT2D eigenvalue weighted by atomic mass is 79.9. The molecule has 110 valence electrons. The number of anilines is 1. The average molecular weight is 364 g/mol. The molecular formula is C11H14BrN3O4S. The lowest BCUT2D eigenvalue weighted by Gasteiger charge is -2.32. The van der Waals surface area contributed by atoms with Crippen molar-refractivity contribution in [1.82, 2.24) is 4.31 Å². The van der Waals surface area contributed by atoms with Gasteiger partial charge < -0.3 is 16.2 Å². The van der Waals surface area contributed by atoms with E-state index in [1.807, 2.05) is 0 Å². The molecule has 0 saturated carbocycles. The van der Waals surface area contributed by atoms with Gasteiger partial charge in [0.25, 0.3) is 0 Å². The number of rotatable bonds is 3. The monoisotopic (exact) mass is 363 g/mol. The number of nitrogen functional groups attached to an aromatic ring is 1. The molecule has 9 heteroatoms. The van der Waals surface area contributed by atoms with Crippen LogP contribution >= 0.6 is 15.9 Å². The minimum Gasteiger partial charge on any atom is -0.398 e. The Kier molecular flexibility index (Phi) is 4.33. The SMILES string of the molecule is NC(=O)C1COCCN1S(=O)(=O)c1ccc(Br)c(N)c1. The van der Waals surface area contributed by atoms with Crippen LogP contribution < -0.4 is 11.5 Å². The molecule has 7 nitrogen and oxygen atoms in total. The summed E-state index contributed by atoms with van der Waals surface area (Å²) in [6.45, 7) is 0.251. The molecule has 1 unspecified atom stereocenters. The molecule has 1 aliphatic rings. The van der Waals surface area contributed by atoms with Crippen LogP contribution in [0, 0.1) is 0 Å². The number of primary amides is 1. The Balaban J connectivity index is 2.42. The number of benzene rings is 1. The largest absolute Gasteiger partial charge is 0.398 e. The average Bonchev–Trinajstić information content (AvgIpc) is 2.41. The van der Waals surface area contributed by atoms with Crippen LogP contribution in [-0.4, -0.2) is 44.4 Å². The van der Waals surface area contributed by atoms with Gasteiger partial charge in [0.05, 0.1) is 18.1 Å². The second-order valence-corrected chi connectivity index (χ2v) is 7.04. The molecule has 4 N–H and O–H groups in total. The quantitative estimate of drug-likeness (QED) is 0.727. The van der Waals surface area contributed by atoms with Crippen molar-refractivity contribution in [3.05, 3.63) is 22.7 Å². The van der Waals surface area contributed by atoms with Crippen LogP contribution in [0.15, 0.2) is 27.6 Å². The highest BCUT2D eigenvalue weighted by Crippen LogP contribution is 2.26. The number of nitrogens with zero attached hydrogens (tertiary/aromatic N) is 1. The molecule has 1 aromatic carbocycles. The van der Waals surface area contributed by atoms with Gasteiger partial charge in [-0.05, 0) is 34.1 Å². The molecule has 0 spiro atoms. The number of halogens is 1. The number of carbonyl (C=O) groups excluding carboxylic acids is 1. The van der Waals surface area contributed by atoms with Gasteiger partial charge in [0, 0.05) is 16.7 Å². The predicted octanol–water partition coefficient (Wildman–Crippen LogP) is -0.0939. The fourth-order valence-electron chi connectivity index (χ4n) is 1.92. The Labute approximate surface area is 125 Å². The molecule has 2 rings (SSSR count). The third kappa shape index (κ3) is 2.80. The second-order valence-electron chi connectivity index (χ2n) is 4.29. The van der Waals surface area contributed by atoms with Crippen molar-refractivity contribution in [3.8, 4) is 0 Å². The van der Waals surface area contributed by atoms with Crippen LogP contribution in [0.4, 0.5) is 5.69 Å². The van der Waals surface area contributed by atoms with Gasteiger partial charge in [-0.15, -0.1) is 0 Å². The number of ether oxygens (including phenoxy) is 1. The first-order valence-corrected chi connectivity index (χ1v) is 8.01. The number of morpholine rings is 1. The summed E-state index contributed by atoms with van der Waals surface area (Å²) < 4.78 is 31.9. The zero-order valence-corrected chi connectivity index (χ0v) is 12.9. The van der Waals surface area contributed by atoms with Gasteiger partial charge in [-0.3, -0.25) is 4.79 Å². The van der Waals surface area contributed by atoms with Crippen molar-refractivity contribution in [1.29, 1.82) is 0 Å². The molecule has 1 aromatic rings. The molecule has 1 fully saturated rings. The van der Waals surface area contributed by atoms with Crippen LogP contribution in [0.25, 0.3) is 0 Å². The van der Waals surface area contributed by atoms with Crippen LogP contribution in [0.3, 0.4) is 0 Å². The Morgan fingerprint density at radius 3 is 2.75 bits per heavy atom. The molecule has 1 saturated heterocycles. The lowest BCUT2D eigenvalue weighted by atomic mass is 10.3. The highest BCUT2D eigenvalue weighted by Gasteiger charge is 2.37. The van der Waals surface area contributed by atoms with Gasteiger partial charge in [0.2, 0.25) is 15.9 Å². The number of nitrogens with two attached hydrogens (primary N) is 2. The van der Waals surface area contributed by atoms with Crippen molar-refractivity contribution in [2.24, 2.45) is 5.73 Å². The third-order valence-electron chi connectivity index (χ3n) is 2.98. The van der Waals surface area contributed by atoms with Crippen molar-refractivity contribution in [2.45, 2.75) is 10.9 Å². The van der Waals surface area contributed by atoms with E-state index in [-0.39, 0.29) is 24.7 Å². The van der Waals surface area contributed by atoms with Crippen molar-refractivity contribution >= 4 is 37.5 Å². The van der Waals surface area contributed by atoms with E-state index in [2.05, 4.69) is 15.9 Å². The summed E-state index contributed by atoms with van der Waals surface area (Å²) in [7, 11) is -3.84. The predicted molar refractivity (Wildman–Crippen MR) is 76.2 cm³/mol. The fraction of sp³-hybridized carbons (Fsp3) is 0.364. The maximum atomic E-state index is 12.6. The van der Waals surface area contributed by atoms with E-state index in [4.69, 9.17) is 16.2 Å². The zero-order chi connectivity index (χ0) is 14.9. The van der Waals surface area contributed by atoms with Crippen LogP contribution in [-0.2, 0) is 19.6 Å². The highest BCUT2D eigenvalue weighted by molar-refractivity contribution is 9.10. The van der Waals surface area contributed by atoms with Gasteiger partial charge >= 0.3 is 0 Å². The van der Waals surface area contributed by atoms with E-state index >= 15 is 0 Å². The van der Waals surface area contributed by atoms with Gasteiger partial charge in [-0.25, -0.2) is 8.42 Å². The van der Waals surface area contributed by atoms with Crippen LogP contribution in [0.1, 0.15) is 0 Å². The first-order chi connectivity index (χ1) is 9.34. The van der Waals surface area contributed by atoms with Gasteiger partial charge in [0.15, 0.2) is 0 Å². The molecule has 0 bridgehead atoms. The number of sulfonamides is 1. The summed E-state index contributed by atoms with van der Waals surface area (Å²) in [5.41, 5.74) is 11.2. The van der Waals surface area contributed by atoms with Gasteiger partial charge in [-0.2, -0.15) is 4.31 Å². The van der Waals surface area contributed by atoms with Gasteiger partial charge in [0.1, 0.15) is 6.04 Å². The third-order valence-corrected chi connectivity index (χ3v) is 5.61. The molecule has 1 atom stereocenters. The Hall–Kier alpha value is -1.16. The molecule has 1 aliphatic heterocycles. The normalized spacial score (nSPS) is 20.8. The maximum absolute atomic E-state index is 12.6. The summed E-state index contributed by atoms with van der Waals surface area (Å²) >= 11 is 3.20. The van der Waals surface area contributed by atoms with Crippen molar-refractivity contribution in [3.63, 3.8) is 0 Å². The lowest BCUT2D eigenvalue weighted by Crippen LogP contribution is -2.54. The number of carbonyl (C=O) groups is 1. The minimum atomic E-state index is -3.84. The molecule has 0 aliphatic carbocycles. The molecule has 1 amide bonds. The summed E-state index contributed by atoms with van der Waals surface area (Å²) in [5.74, 6) is -0.738.